The number of H-pyrrole nitrogens is 1. The summed E-state index contributed by atoms with van der Waals surface area (Å²) in [5.41, 5.74) is 3.02. The number of methoxy groups -OCH3 is 1. The lowest BCUT2D eigenvalue weighted by Gasteiger charge is -2.13. The molecular formula is C24H24FN7O2. The van der Waals surface area contributed by atoms with Gasteiger partial charge in [-0.2, -0.15) is 0 Å². The second-order valence-electron chi connectivity index (χ2n) is 7.72. The topological polar surface area (TPSA) is 129 Å². The molecule has 0 aliphatic rings. The highest BCUT2D eigenvalue weighted by atomic mass is 19.1. The van der Waals surface area contributed by atoms with Crippen LogP contribution in [-0.4, -0.2) is 51.3 Å². The summed E-state index contributed by atoms with van der Waals surface area (Å²) in [6, 6.07) is 9.46. The van der Waals surface area contributed by atoms with E-state index >= 15 is 0 Å². The maximum Gasteiger partial charge on any atom is 0.255 e. The average molecular weight is 462 g/mol. The van der Waals surface area contributed by atoms with Gasteiger partial charge in [-0.3, -0.25) is 15.2 Å². The minimum atomic E-state index is -0.434. The number of nitrogens with one attached hydrogen (secondary N) is 4. The average Bonchev–Trinajstić information content (AvgIpc) is 3.26. The van der Waals surface area contributed by atoms with Gasteiger partial charge in [-0.1, -0.05) is 6.07 Å². The number of fused-ring (bicyclic) bond motifs is 1. The molecule has 34 heavy (non-hydrogen) atoms. The Hall–Kier alpha value is -4.18. The molecule has 1 amide bonds. The molecule has 0 saturated carbocycles. The zero-order chi connectivity index (χ0) is 24.1. The van der Waals surface area contributed by atoms with E-state index in [9.17, 15) is 9.18 Å². The molecule has 10 heteroatoms. The van der Waals surface area contributed by atoms with Gasteiger partial charge in [0, 0.05) is 36.8 Å². The van der Waals surface area contributed by atoms with Crippen LogP contribution in [0.1, 0.15) is 34.2 Å². The number of amides is 1. The molecule has 3 aromatic heterocycles. The molecular weight excluding hydrogens is 437 g/mol. The number of pyridine rings is 1. The third-order valence-electron chi connectivity index (χ3n) is 5.11. The van der Waals surface area contributed by atoms with Crippen LogP contribution in [-0.2, 0) is 11.3 Å². The summed E-state index contributed by atoms with van der Waals surface area (Å²) in [6.45, 7) is 2.56. The summed E-state index contributed by atoms with van der Waals surface area (Å²) in [6.07, 6.45) is 4.66. The smallest absolute Gasteiger partial charge is 0.255 e. The molecule has 4 aromatic rings. The Labute approximate surface area is 195 Å². The van der Waals surface area contributed by atoms with Gasteiger partial charge in [-0.15, -0.1) is 0 Å². The van der Waals surface area contributed by atoms with Gasteiger partial charge in [0.15, 0.2) is 5.65 Å². The summed E-state index contributed by atoms with van der Waals surface area (Å²) < 4.78 is 19.1. The first-order valence-corrected chi connectivity index (χ1v) is 10.6. The lowest BCUT2D eigenvalue weighted by atomic mass is 10.0. The van der Waals surface area contributed by atoms with Crippen molar-refractivity contribution in [3.05, 3.63) is 83.3 Å². The quantitative estimate of drug-likeness (QED) is 0.283. The molecule has 0 aliphatic heterocycles. The van der Waals surface area contributed by atoms with Gasteiger partial charge < -0.3 is 20.4 Å². The van der Waals surface area contributed by atoms with Crippen LogP contribution in [0.4, 0.5) is 10.1 Å². The van der Waals surface area contributed by atoms with Crippen LogP contribution in [0.3, 0.4) is 0 Å². The van der Waals surface area contributed by atoms with E-state index in [2.05, 4.69) is 30.6 Å². The van der Waals surface area contributed by atoms with E-state index in [1.54, 1.807) is 13.3 Å². The fourth-order valence-electron chi connectivity index (χ4n) is 3.49. The molecule has 0 radical (unpaired) electrons. The minimum absolute atomic E-state index is 0.0400. The second-order valence-corrected chi connectivity index (χ2v) is 7.72. The van der Waals surface area contributed by atoms with Gasteiger partial charge in [0.05, 0.1) is 36.3 Å². The lowest BCUT2D eigenvalue weighted by Crippen LogP contribution is -2.35. The van der Waals surface area contributed by atoms with Crippen LogP contribution in [0.5, 0.6) is 0 Å². The number of hydrogen-bond donors (Lipinski definition) is 4. The molecule has 4 N–H and O–H groups in total. The largest absolute Gasteiger partial charge is 0.383 e. The lowest BCUT2D eigenvalue weighted by molar-refractivity contribution is 0.0907. The summed E-state index contributed by atoms with van der Waals surface area (Å²) in [5, 5.41) is 14.7. The van der Waals surface area contributed by atoms with Gasteiger partial charge in [-0.05, 0) is 37.3 Å². The van der Waals surface area contributed by atoms with Crippen LogP contribution in [0.15, 0.2) is 55.0 Å². The third kappa shape index (κ3) is 5.07. The number of anilines is 1. The summed E-state index contributed by atoms with van der Waals surface area (Å²) in [7, 11) is 1.56. The van der Waals surface area contributed by atoms with Crippen LogP contribution in [0, 0.1) is 11.2 Å². The maximum absolute atomic E-state index is 14.0. The molecule has 0 aliphatic carbocycles. The molecule has 1 aromatic carbocycles. The second kappa shape index (κ2) is 10.2. The van der Waals surface area contributed by atoms with Crippen molar-refractivity contribution in [3.63, 3.8) is 0 Å². The molecule has 0 saturated heterocycles. The number of aromatic amines is 1. The molecule has 174 valence electrons. The molecule has 0 fully saturated rings. The van der Waals surface area contributed by atoms with Crippen molar-refractivity contribution in [2.45, 2.75) is 19.5 Å². The monoisotopic (exact) mass is 461 g/mol. The van der Waals surface area contributed by atoms with Gasteiger partial charge in [0.2, 0.25) is 0 Å². The van der Waals surface area contributed by atoms with Crippen molar-refractivity contribution in [2.24, 2.45) is 0 Å². The Bertz CT molecular complexity index is 1320. The van der Waals surface area contributed by atoms with E-state index in [1.165, 1.54) is 30.6 Å². The number of benzene rings is 1. The van der Waals surface area contributed by atoms with E-state index in [0.717, 1.165) is 5.69 Å². The van der Waals surface area contributed by atoms with E-state index < -0.39 is 5.82 Å². The Kier molecular flexibility index (Phi) is 6.88. The Morgan fingerprint density at radius 1 is 1.24 bits per heavy atom. The Balaban J connectivity index is 1.62. The van der Waals surface area contributed by atoms with Crippen molar-refractivity contribution in [1.29, 1.82) is 5.41 Å². The minimum Gasteiger partial charge on any atom is -0.383 e. The molecule has 4 rings (SSSR count). The van der Waals surface area contributed by atoms with E-state index in [-0.39, 0.29) is 23.4 Å². The first-order chi connectivity index (χ1) is 16.5. The third-order valence-corrected chi connectivity index (χ3v) is 5.11. The van der Waals surface area contributed by atoms with Crippen molar-refractivity contribution < 1.29 is 13.9 Å². The first-order valence-electron chi connectivity index (χ1n) is 10.6. The van der Waals surface area contributed by atoms with E-state index in [0.29, 0.717) is 41.1 Å². The normalized spacial score (nSPS) is 11.9. The number of rotatable bonds is 9. The Morgan fingerprint density at radius 3 is 2.85 bits per heavy atom. The van der Waals surface area contributed by atoms with Crippen molar-refractivity contribution in [2.75, 3.05) is 19.0 Å². The highest BCUT2D eigenvalue weighted by Crippen LogP contribution is 2.22. The fourth-order valence-corrected chi connectivity index (χ4v) is 3.49. The summed E-state index contributed by atoms with van der Waals surface area (Å²) in [4.78, 5) is 28.7. The zero-order valence-corrected chi connectivity index (χ0v) is 18.7. The number of hydrogen-bond acceptors (Lipinski definition) is 7. The van der Waals surface area contributed by atoms with Crippen LogP contribution >= 0.6 is 0 Å². The number of halogens is 1. The first kappa shape index (κ1) is 23.0. The highest BCUT2D eigenvalue weighted by Gasteiger charge is 2.19. The molecule has 1 unspecified atom stereocenters. The predicted octanol–water partition coefficient (Wildman–Crippen LogP) is 3.28. The number of carbonyl (C=O) groups is 1. The molecule has 1 atom stereocenters. The van der Waals surface area contributed by atoms with Gasteiger partial charge in [0.25, 0.3) is 5.91 Å². The summed E-state index contributed by atoms with van der Waals surface area (Å²) >= 11 is 0. The molecule has 9 nitrogen and oxygen atoms in total. The van der Waals surface area contributed by atoms with E-state index in [4.69, 9.17) is 10.1 Å². The van der Waals surface area contributed by atoms with Crippen LogP contribution < -0.4 is 10.6 Å². The van der Waals surface area contributed by atoms with Crippen molar-refractivity contribution in [1.82, 2.24) is 25.3 Å². The van der Waals surface area contributed by atoms with Crippen molar-refractivity contribution in [3.8, 4) is 0 Å². The summed E-state index contributed by atoms with van der Waals surface area (Å²) in [5.74, 6) is -0.760. The SMILES string of the molecule is COCC(C)NC(=O)c1c[nH]c2ncc(C(=N)c3ccc(F)cc3NCc3ccccn3)nc12. The zero-order valence-electron chi connectivity index (χ0n) is 18.7. The standard InChI is InChI=1S/C24H24FN7O2/c1-14(13-34-2)31-24(33)18-11-29-23-22(18)32-20(12-30-23)21(26)17-7-6-15(25)9-19(17)28-10-16-5-3-4-8-27-16/h3-9,11-12,14,26,28H,10,13H2,1-2H3,(H,29,30)(H,31,33). The highest BCUT2D eigenvalue weighted by molar-refractivity contribution is 6.14. The molecule has 3 heterocycles. The fraction of sp³-hybridized carbons (Fsp3) is 0.208. The molecule has 0 bridgehead atoms. The van der Waals surface area contributed by atoms with Crippen LogP contribution in [0.2, 0.25) is 0 Å². The van der Waals surface area contributed by atoms with Crippen LogP contribution in [0.25, 0.3) is 11.2 Å². The van der Waals surface area contributed by atoms with Gasteiger partial charge in [0.1, 0.15) is 17.0 Å². The number of nitrogens with zero attached hydrogens (tertiary/aromatic N) is 3. The van der Waals surface area contributed by atoms with Gasteiger partial charge >= 0.3 is 0 Å². The molecule has 0 spiro atoms. The predicted molar refractivity (Wildman–Crippen MR) is 127 cm³/mol. The Morgan fingerprint density at radius 2 is 2.09 bits per heavy atom. The van der Waals surface area contributed by atoms with E-state index in [1.807, 2.05) is 25.1 Å². The maximum atomic E-state index is 14.0. The van der Waals surface area contributed by atoms with Gasteiger partial charge in [-0.25, -0.2) is 14.4 Å². The number of carbonyl (C=O) groups excluding carboxylic acids is 1. The van der Waals surface area contributed by atoms with Crippen molar-refractivity contribution >= 4 is 28.5 Å². The number of ether oxygens (including phenoxy) is 1. The number of aromatic nitrogens is 4.